The Kier molecular flexibility index (Phi) is 85.4. The fourth-order valence-corrected chi connectivity index (χ4v) is 0.471. The van der Waals surface area contributed by atoms with Crippen LogP contribution in [-0.4, -0.2) is 0 Å². The van der Waals surface area contributed by atoms with Crippen LogP contribution in [0.15, 0.2) is 0 Å². The molecule has 0 heterocycles. The second-order valence-corrected chi connectivity index (χ2v) is 3.34. The second kappa shape index (κ2) is 45.9. The van der Waals surface area contributed by atoms with Gasteiger partial charge in [0, 0.05) is 0 Å². The fraction of sp³-hybridized carbons (Fsp3) is 1.00. The molecule has 0 saturated heterocycles. The van der Waals surface area contributed by atoms with E-state index in [2.05, 4.69) is 41.5 Å². The van der Waals surface area contributed by atoms with Crippen LogP contribution in [0.5, 0.6) is 0 Å². The molecule has 0 spiro atoms. The highest BCUT2D eigenvalue weighted by Crippen LogP contribution is 2.11. The third-order valence-corrected chi connectivity index (χ3v) is 1.78. The third-order valence-electron chi connectivity index (χ3n) is 1.78. The van der Waals surface area contributed by atoms with E-state index in [1.165, 1.54) is 12.8 Å². The maximum absolute atomic E-state index is 2.30. The van der Waals surface area contributed by atoms with Crippen LogP contribution in [0.25, 0.3) is 0 Å². The van der Waals surface area contributed by atoms with Gasteiger partial charge in [-0.3, -0.25) is 0 Å². The van der Waals surface area contributed by atoms with Crippen LogP contribution >= 0.6 is 0 Å². The minimum Gasteiger partial charge on any atom is -0.0683 e. The molecule has 106 valence electrons. The summed E-state index contributed by atoms with van der Waals surface area (Å²) in [5.41, 5.74) is 0. The predicted molar refractivity (Wildman–Crippen MR) is 84.3 cm³/mol. The smallest absolute Gasteiger partial charge is 0.0422 e. The molecule has 0 fully saturated rings. The summed E-state index contributed by atoms with van der Waals surface area (Å²) in [5.74, 6) is 1.77. The number of hydrogen-bond donors (Lipinski definition) is 0. The molecule has 0 aliphatic rings. The second-order valence-electron chi connectivity index (χ2n) is 3.34. The Labute approximate surface area is 108 Å². The topological polar surface area (TPSA) is 0 Å². The molecule has 0 aromatic carbocycles. The third kappa shape index (κ3) is 65.7. The lowest BCUT2D eigenvalue weighted by atomic mass is 9.96. The van der Waals surface area contributed by atoms with Crippen molar-refractivity contribution >= 4 is 0 Å². The summed E-state index contributed by atoms with van der Waals surface area (Å²) in [5, 5.41) is 0. The maximum Gasteiger partial charge on any atom is -0.0422 e. The molecule has 1 unspecified atom stereocenters. The van der Waals surface area contributed by atoms with Gasteiger partial charge in [0.25, 0.3) is 0 Å². The molecule has 0 aromatic heterocycles. The maximum atomic E-state index is 2.30. The van der Waals surface area contributed by atoms with Crippen molar-refractivity contribution in [3.8, 4) is 0 Å². The van der Waals surface area contributed by atoms with Crippen LogP contribution in [0.2, 0.25) is 0 Å². The number of hydrogen-bond acceptors (Lipinski definition) is 0. The minimum atomic E-state index is 0.866. The summed E-state index contributed by atoms with van der Waals surface area (Å²) in [7, 11) is 0. The fourth-order valence-electron chi connectivity index (χ4n) is 0.471. The van der Waals surface area contributed by atoms with E-state index in [0.717, 1.165) is 11.8 Å². The molecule has 0 rings (SSSR count). The Morgan fingerprint density at radius 2 is 0.812 bits per heavy atom. The predicted octanol–water partition coefficient (Wildman–Crippen LogP) is 7.18. The quantitative estimate of drug-likeness (QED) is 0.474. The zero-order valence-electron chi connectivity index (χ0n) is 14.6. The molecule has 1 atom stereocenters. The first kappa shape index (κ1) is 29.8. The molecule has 0 aromatic rings. The average Bonchev–Trinajstić information content (AvgIpc) is 2.36. The van der Waals surface area contributed by atoms with Gasteiger partial charge < -0.3 is 0 Å². The van der Waals surface area contributed by atoms with Crippen molar-refractivity contribution in [2.75, 3.05) is 0 Å². The van der Waals surface area contributed by atoms with Gasteiger partial charge in [-0.25, -0.2) is 0 Å². The van der Waals surface area contributed by atoms with E-state index >= 15 is 0 Å². The van der Waals surface area contributed by atoms with Crippen molar-refractivity contribution in [2.24, 2.45) is 11.8 Å². The first-order valence-corrected chi connectivity index (χ1v) is 7.59. The summed E-state index contributed by atoms with van der Waals surface area (Å²) < 4.78 is 0. The Morgan fingerprint density at radius 3 is 0.812 bits per heavy atom. The summed E-state index contributed by atoms with van der Waals surface area (Å²) in [6.07, 6.45) is 2.57. The first-order chi connectivity index (χ1) is 7.59. The first-order valence-electron chi connectivity index (χ1n) is 7.59. The van der Waals surface area contributed by atoms with Crippen LogP contribution in [0, 0.1) is 11.8 Å². The van der Waals surface area contributed by atoms with Gasteiger partial charge in [-0.2, -0.15) is 0 Å². The average molecular weight is 235 g/mol. The molecule has 0 aliphatic heterocycles. The lowest BCUT2D eigenvalue weighted by Crippen LogP contribution is -2.00. The SMILES string of the molecule is CC.CC.CC.CCC.CCC(C)C(C)C. The van der Waals surface area contributed by atoms with E-state index < -0.39 is 0 Å². The molecule has 0 heteroatoms. The van der Waals surface area contributed by atoms with Crippen molar-refractivity contribution < 1.29 is 0 Å². The largest absolute Gasteiger partial charge is 0.0683 e. The highest BCUT2D eigenvalue weighted by atomic mass is 14.1. The van der Waals surface area contributed by atoms with Crippen LogP contribution in [0.1, 0.15) is 95.9 Å². The van der Waals surface area contributed by atoms with Gasteiger partial charge in [-0.15, -0.1) is 0 Å². The Bertz CT molecular complexity index is 46.0. The minimum absolute atomic E-state index is 0.866. The van der Waals surface area contributed by atoms with Gasteiger partial charge in [0.05, 0.1) is 0 Å². The molecular formula is C16H42. The lowest BCUT2D eigenvalue weighted by molar-refractivity contribution is 0.407. The van der Waals surface area contributed by atoms with Crippen LogP contribution in [-0.2, 0) is 0 Å². The summed E-state index contributed by atoms with van der Waals surface area (Å²) in [6, 6.07) is 0. The van der Waals surface area contributed by atoms with E-state index in [9.17, 15) is 0 Å². The molecule has 0 amide bonds. The van der Waals surface area contributed by atoms with Crippen molar-refractivity contribution in [3.63, 3.8) is 0 Å². The molecule has 0 radical (unpaired) electrons. The zero-order valence-corrected chi connectivity index (χ0v) is 14.6. The van der Waals surface area contributed by atoms with Gasteiger partial charge in [-0.1, -0.05) is 95.9 Å². The summed E-state index contributed by atoms with van der Waals surface area (Å²) in [6.45, 7) is 25.3. The normalized spacial score (nSPS) is 8.81. The Hall–Kier alpha value is 0. The van der Waals surface area contributed by atoms with Crippen LogP contribution in [0.4, 0.5) is 0 Å². The molecule has 0 nitrogen and oxygen atoms in total. The monoisotopic (exact) mass is 234 g/mol. The number of rotatable bonds is 2. The van der Waals surface area contributed by atoms with Gasteiger partial charge in [0.15, 0.2) is 0 Å². The zero-order chi connectivity index (χ0) is 14.6. The standard InChI is InChI=1S/C7H16.C3H8.3C2H6/c1-5-7(4)6(2)3;1-3-2;3*1-2/h6-7H,5H2,1-4H3;3H2,1-2H3;3*1-2H3. The summed E-state index contributed by atoms with van der Waals surface area (Å²) >= 11 is 0. The Morgan fingerprint density at radius 1 is 0.625 bits per heavy atom. The lowest BCUT2D eigenvalue weighted by Gasteiger charge is -2.10. The molecule has 0 saturated carbocycles. The highest BCUT2D eigenvalue weighted by molar-refractivity contribution is 4.52. The van der Waals surface area contributed by atoms with E-state index in [0.29, 0.717) is 0 Å². The van der Waals surface area contributed by atoms with Crippen LogP contribution < -0.4 is 0 Å². The van der Waals surface area contributed by atoms with Crippen LogP contribution in [0.3, 0.4) is 0 Å². The van der Waals surface area contributed by atoms with Gasteiger partial charge in [0.1, 0.15) is 0 Å². The molecular weight excluding hydrogens is 192 g/mol. The van der Waals surface area contributed by atoms with Gasteiger partial charge >= 0.3 is 0 Å². The van der Waals surface area contributed by atoms with E-state index in [1.54, 1.807) is 0 Å². The molecule has 0 aliphatic carbocycles. The van der Waals surface area contributed by atoms with Crippen molar-refractivity contribution in [1.29, 1.82) is 0 Å². The van der Waals surface area contributed by atoms with Crippen molar-refractivity contribution in [2.45, 2.75) is 95.9 Å². The molecule has 0 N–H and O–H groups in total. The van der Waals surface area contributed by atoms with E-state index in [4.69, 9.17) is 0 Å². The van der Waals surface area contributed by atoms with E-state index in [-0.39, 0.29) is 0 Å². The van der Waals surface area contributed by atoms with Crippen molar-refractivity contribution in [3.05, 3.63) is 0 Å². The van der Waals surface area contributed by atoms with Gasteiger partial charge in [-0.05, 0) is 11.8 Å². The molecule has 0 bridgehead atoms. The summed E-state index contributed by atoms with van der Waals surface area (Å²) in [4.78, 5) is 0. The molecule has 16 heavy (non-hydrogen) atoms. The van der Waals surface area contributed by atoms with Crippen molar-refractivity contribution in [1.82, 2.24) is 0 Å². The Balaban J connectivity index is -0.0000000379. The highest BCUT2D eigenvalue weighted by Gasteiger charge is 2.01. The van der Waals surface area contributed by atoms with Gasteiger partial charge in [0.2, 0.25) is 0 Å². The van der Waals surface area contributed by atoms with E-state index in [1.807, 2.05) is 41.5 Å².